The highest BCUT2D eigenvalue weighted by atomic mass is 31.2. The van der Waals surface area contributed by atoms with Crippen LogP contribution in [0.15, 0.2) is 91.0 Å². The number of carbonyl (C=O) groups excluding carboxylic acids is 5. The lowest BCUT2D eigenvalue weighted by molar-refractivity contribution is -0.166. The van der Waals surface area contributed by atoms with Gasteiger partial charge in [-0.25, -0.2) is 15.2 Å². The minimum Gasteiger partial charge on any atom is -0.356 e. The molecule has 4 N–H and O–H groups in total. The largest absolute Gasteiger partial charge is 0.356 e. The highest BCUT2D eigenvalue weighted by Crippen LogP contribution is 2.56. The standard InChI is InChI=1S/C55H83N4O8P/c1-48(60)57(65)44-28-14-12-20-32-49(61)39-41-54(63)58(66)46-30-19-27-43-56-53(62)40-42-55(64)59(67)45-29-13-10-8-6-4-2-3-5-7-9-11-15-31-47-68(50-33-21-16-22-34-50,51-35-23-17-24-36-51)52-37-25-18-26-38-52/h16-18,21-26,33-38,65-67H,2-15,19-20,27-32,39-47H2,1H3/p+1. The first-order chi connectivity index (χ1) is 33.0. The average Bonchev–Trinajstić information content (AvgIpc) is 3.36. The molecule has 3 aromatic carbocycles. The summed E-state index contributed by atoms with van der Waals surface area (Å²) in [4.78, 5) is 59.9. The van der Waals surface area contributed by atoms with Crippen molar-refractivity contribution in [2.75, 3.05) is 32.3 Å². The fourth-order valence-electron chi connectivity index (χ4n) is 8.69. The molecule has 68 heavy (non-hydrogen) atoms. The highest BCUT2D eigenvalue weighted by Gasteiger charge is 2.44. The van der Waals surface area contributed by atoms with Gasteiger partial charge in [-0.1, -0.05) is 138 Å². The fourth-order valence-corrected chi connectivity index (χ4v) is 13.1. The van der Waals surface area contributed by atoms with E-state index in [1.165, 1.54) is 93.2 Å². The van der Waals surface area contributed by atoms with Gasteiger partial charge in [-0.2, -0.15) is 0 Å². The smallest absolute Gasteiger partial charge is 0.246 e. The van der Waals surface area contributed by atoms with Crippen LogP contribution >= 0.6 is 7.26 Å². The second-order valence-electron chi connectivity index (χ2n) is 18.3. The number of benzene rings is 3. The molecule has 0 unspecified atom stereocenters. The van der Waals surface area contributed by atoms with E-state index in [0.29, 0.717) is 55.2 Å². The number of hydrogen-bond acceptors (Lipinski definition) is 8. The fraction of sp³-hybridized carbons (Fsp3) is 0.582. The zero-order valence-corrected chi connectivity index (χ0v) is 42.1. The number of nitrogens with zero attached hydrogens (tertiary/aromatic N) is 3. The van der Waals surface area contributed by atoms with E-state index >= 15 is 0 Å². The lowest BCUT2D eigenvalue weighted by Gasteiger charge is -2.27. The summed E-state index contributed by atoms with van der Waals surface area (Å²) in [5.41, 5.74) is 0. The van der Waals surface area contributed by atoms with E-state index < -0.39 is 25.0 Å². The topological polar surface area (TPSA) is 168 Å². The Hall–Kier alpha value is -4.48. The molecule has 0 bridgehead atoms. The van der Waals surface area contributed by atoms with Crippen molar-refractivity contribution in [1.82, 2.24) is 20.5 Å². The predicted molar refractivity (Wildman–Crippen MR) is 274 cm³/mol. The van der Waals surface area contributed by atoms with E-state index in [9.17, 15) is 39.6 Å². The Morgan fingerprint density at radius 1 is 0.412 bits per heavy atom. The van der Waals surface area contributed by atoms with Crippen molar-refractivity contribution in [1.29, 1.82) is 0 Å². The predicted octanol–water partition coefficient (Wildman–Crippen LogP) is 10.5. The summed E-state index contributed by atoms with van der Waals surface area (Å²) in [6.45, 7) is 2.37. The normalized spacial score (nSPS) is 11.3. The van der Waals surface area contributed by atoms with E-state index in [1.807, 2.05) is 0 Å². The summed E-state index contributed by atoms with van der Waals surface area (Å²) >= 11 is 0. The van der Waals surface area contributed by atoms with E-state index in [2.05, 4.69) is 96.3 Å². The first-order valence-corrected chi connectivity index (χ1v) is 27.8. The number of carbonyl (C=O) groups is 5. The summed E-state index contributed by atoms with van der Waals surface area (Å²) in [7, 11) is -1.73. The molecule has 13 heteroatoms. The van der Waals surface area contributed by atoms with Crippen LogP contribution in [0.3, 0.4) is 0 Å². The third-order valence-electron chi connectivity index (χ3n) is 12.8. The van der Waals surface area contributed by atoms with E-state index in [-0.39, 0.29) is 57.0 Å². The first kappa shape index (κ1) is 57.8. The monoisotopic (exact) mass is 960 g/mol. The Bertz CT molecular complexity index is 1740. The van der Waals surface area contributed by atoms with Gasteiger partial charge in [-0.3, -0.25) is 39.6 Å². The average molecular weight is 960 g/mol. The summed E-state index contributed by atoms with van der Waals surface area (Å²) in [6.07, 6.45) is 22.9. The van der Waals surface area contributed by atoms with Crippen LogP contribution in [0.4, 0.5) is 0 Å². The number of nitrogens with one attached hydrogen (secondary N) is 1. The molecule has 0 saturated carbocycles. The second-order valence-corrected chi connectivity index (χ2v) is 21.9. The lowest BCUT2D eigenvalue weighted by Crippen LogP contribution is -2.33. The molecule has 0 aliphatic carbocycles. The Morgan fingerprint density at radius 2 is 0.765 bits per heavy atom. The molecule has 4 amide bonds. The minimum absolute atomic E-state index is 0.00172. The number of unbranched alkanes of at least 4 members (excludes halogenated alkanes) is 18. The maximum Gasteiger partial charge on any atom is 0.246 e. The van der Waals surface area contributed by atoms with Gasteiger partial charge in [-0.15, -0.1) is 0 Å². The molecule has 0 saturated heterocycles. The van der Waals surface area contributed by atoms with Gasteiger partial charge in [0.1, 0.15) is 29.0 Å². The van der Waals surface area contributed by atoms with Crippen LogP contribution in [-0.4, -0.2) is 92.6 Å². The third kappa shape index (κ3) is 23.7. The first-order valence-electron chi connectivity index (χ1n) is 25.8. The van der Waals surface area contributed by atoms with Crippen LogP contribution in [0.2, 0.25) is 0 Å². The minimum atomic E-state index is -1.73. The van der Waals surface area contributed by atoms with Crippen molar-refractivity contribution in [2.45, 2.75) is 174 Å². The number of hydrogen-bond donors (Lipinski definition) is 4. The van der Waals surface area contributed by atoms with Gasteiger partial charge in [0.2, 0.25) is 23.6 Å². The van der Waals surface area contributed by atoms with E-state index in [4.69, 9.17) is 0 Å². The zero-order chi connectivity index (χ0) is 49.1. The van der Waals surface area contributed by atoms with Crippen molar-refractivity contribution in [2.24, 2.45) is 0 Å². The Balaban J connectivity index is 1.10. The third-order valence-corrected chi connectivity index (χ3v) is 17.3. The van der Waals surface area contributed by atoms with Gasteiger partial charge < -0.3 is 5.32 Å². The van der Waals surface area contributed by atoms with Crippen molar-refractivity contribution in [3.8, 4) is 0 Å². The molecule has 376 valence electrons. The van der Waals surface area contributed by atoms with Gasteiger partial charge in [0.15, 0.2) is 0 Å². The number of Topliss-reactive ketones (excluding diaryl/α,β-unsaturated/α-hetero) is 1. The van der Waals surface area contributed by atoms with Crippen molar-refractivity contribution in [3.05, 3.63) is 91.0 Å². The zero-order valence-electron chi connectivity index (χ0n) is 41.3. The number of hydroxylamine groups is 6. The highest BCUT2D eigenvalue weighted by molar-refractivity contribution is 7.95. The quantitative estimate of drug-likeness (QED) is 0.0190. The summed E-state index contributed by atoms with van der Waals surface area (Å²) in [5.74, 6) is -1.66. The molecule has 0 fully saturated rings. The second kappa shape index (κ2) is 35.6. The van der Waals surface area contributed by atoms with Crippen molar-refractivity contribution < 1.29 is 39.6 Å². The maximum atomic E-state index is 12.3. The van der Waals surface area contributed by atoms with Crippen LogP contribution in [0.1, 0.15) is 174 Å². The van der Waals surface area contributed by atoms with Crippen LogP contribution < -0.4 is 21.2 Å². The van der Waals surface area contributed by atoms with Crippen molar-refractivity contribution in [3.63, 3.8) is 0 Å². The van der Waals surface area contributed by atoms with Gasteiger partial charge in [0.25, 0.3) is 0 Å². The van der Waals surface area contributed by atoms with Gasteiger partial charge in [-0.05, 0) is 87.8 Å². The van der Waals surface area contributed by atoms with Gasteiger partial charge in [0, 0.05) is 65.2 Å². The Labute approximate surface area is 408 Å². The lowest BCUT2D eigenvalue weighted by atomic mass is 10.0. The van der Waals surface area contributed by atoms with Gasteiger partial charge >= 0.3 is 0 Å². The van der Waals surface area contributed by atoms with Crippen LogP contribution in [0.25, 0.3) is 0 Å². The molecule has 0 heterocycles. The number of amides is 4. The van der Waals surface area contributed by atoms with Crippen LogP contribution in [0.5, 0.6) is 0 Å². The molecule has 3 rings (SSSR count). The molecule has 0 spiro atoms. The molecular formula is C55H84N4O8P+. The maximum absolute atomic E-state index is 12.3. The Kier molecular flexibility index (Phi) is 30.3. The molecule has 0 aromatic heterocycles. The Morgan fingerprint density at radius 3 is 1.19 bits per heavy atom. The van der Waals surface area contributed by atoms with Gasteiger partial charge in [0.05, 0.1) is 6.16 Å². The van der Waals surface area contributed by atoms with E-state index in [0.717, 1.165) is 43.6 Å². The van der Waals surface area contributed by atoms with Crippen LogP contribution in [0, 0.1) is 0 Å². The summed E-state index contributed by atoms with van der Waals surface area (Å²) in [5, 5.41) is 38.8. The number of rotatable bonds is 39. The molecule has 0 aliphatic heterocycles. The molecule has 0 radical (unpaired) electrons. The molecule has 12 nitrogen and oxygen atoms in total. The molecular weight excluding hydrogens is 876 g/mol. The van der Waals surface area contributed by atoms with E-state index in [1.54, 1.807) is 0 Å². The molecule has 0 aliphatic rings. The number of ketones is 1. The summed E-state index contributed by atoms with van der Waals surface area (Å²) in [6, 6.07) is 33.6. The SMILES string of the molecule is CC(=O)N(O)CCCCCCC(=O)CCC(=O)N(O)CCCCCNC(=O)CCC(=O)N(O)CCCCCCCCCCCCCCCC[P+](c1ccccc1)(c1ccccc1)c1ccccc1. The molecule has 3 aromatic rings. The molecule has 0 atom stereocenters. The summed E-state index contributed by atoms with van der Waals surface area (Å²) < 4.78 is 0. The van der Waals surface area contributed by atoms with Crippen molar-refractivity contribution >= 4 is 52.6 Å². The van der Waals surface area contributed by atoms with Crippen LogP contribution in [-0.2, 0) is 24.0 Å².